The van der Waals surface area contributed by atoms with E-state index in [0.29, 0.717) is 23.0 Å². The molecule has 0 atom stereocenters. The maximum atomic E-state index is 11.7. The molecule has 0 radical (unpaired) electrons. The molecule has 0 bridgehead atoms. The molecular weight excluding hydrogens is 276 g/mol. The molecule has 1 rings (SSSR count). The molecule has 1 aromatic rings. The summed E-state index contributed by atoms with van der Waals surface area (Å²) in [6.45, 7) is 3.44. The van der Waals surface area contributed by atoms with Crippen molar-refractivity contribution in [2.45, 2.75) is 19.9 Å². The van der Waals surface area contributed by atoms with E-state index in [1.54, 1.807) is 12.1 Å². The smallest absolute Gasteiger partial charge is 0.341 e. The number of thiocarbonyl (C=S) groups is 1. The number of rotatable bonds is 6. The first-order chi connectivity index (χ1) is 9.62. The molecule has 0 heterocycles. The van der Waals surface area contributed by atoms with Crippen LogP contribution < -0.4 is 15.4 Å². The first-order valence-electron chi connectivity index (χ1n) is 6.39. The lowest BCUT2D eigenvalue weighted by Crippen LogP contribution is -2.35. The summed E-state index contributed by atoms with van der Waals surface area (Å²) in [6, 6.07) is 5.35. The van der Waals surface area contributed by atoms with Crippen molar-refractivity contribution in [3.63, 3.8) is 0 Å². The molecule has 0 aliphatic carbocycles. The van der Waals surface area contributed by atoms with Gasteiger partial charge in [-0.2, -0.15) is 0 Å². The molecule has 0 unspecified atom stereocenters. The molecule has 0 saturated heterocycles. The second-order valence-electron chi connectivity index (χ2n) is 4.14. The summed E-state index contributed by atoms with van der Waals surface area (Å²) >= 11 is 5.14. The van der Waals surface area contributed by atoms with Crippen molar-refractivity contribution in [3.05, 3.63) is 29.3 Å². The summed E-state index contributed by atoms with van der Waals surface area (Å²) in [5.41, 5.74) is 1.33. The summed E-state index contributed by atoms with van der Waals surface area (Å²) in [6.07, 6.45) is 1.01. The predicted molar refractivity (Wildman–Crippen MR) is 82.1 cm³/mol. The summed E-state index contributed by atoms with van der Waals surface area (Å²) in [7, 11) is 2.86. The third-order valence-electron chi connectivity index (χ3n) is 2.66. The van der Waals surface area contributed by atoms with Gasteiger partial charge in [-0.25, -0.2) is 4.79 Å². The van der Waals surface area contributed by atoms with E-state index in [1.807, 2.05) is 6.07 Å². The Morgan fingerprint density at radius 2 is 2.05 bits per heavy atom. The van der Waals surface area contributed by atoms with Crippen molar-refractivity contribution < 1.29 is 14.3 Å². The second kappa shape index (κ2) is 8.37. The van der Waals surface area contributed by atoms with Crippen LogP contribution in [0.3, 0.4) is 0 Å². The van der Waals surface area contributed by atoms with E-state index in [2.05, 4.69) is 17.6 Å². The zero-order chi connectivity index (χ0) is 15.0. The van der Waals surface area contributed by atoms with Crippen LogP contribution in [0.2, 0.25) is 0 Å². The normalized spacial score (nSPS) is 9.75. The van der Waals surface area contributed by atoms with Gasteiger partial charge in [0.15, 0.2) is 5.11 Å². The van der Waals surface area contributed by atoms with Gasteiger partial charge >= 0.3 is 5.97 Å². The fourth-order valence-electron chi connectivity index (χ4n) is 1.62. The lowest BCUT2D eigenvalue weighted by atomic mass is 10.1. The molecular formula is C14H20N2O3S. The standard InChI is InChI=1S/C14H20N2O3S/c1-4-7-15-14(20)16-9-10-5-6-12(18-2)11(8-10)13(17)19-3/h5-6,8H,4,7,9H2,1-3H3,(H2,15,16,20). The lowest BCUT2D eigenvalue weighted by molar-refractivity contribution is 0.0597. The van der Waals surface area contributed by atoms with Gasteiger partial charge in [0.1, 0.15) is 11.3 Å². The number of hydrogen-bond acceptors (Lipinski definition) is 4. The third kappa shape index (κ3) is 4.70. The highest BCUT2D eigenvalue weighted by Crippen LogP contribution is 2.20. The zero-order valence-electron chi connectivity index (χ0n) is 12.0. The van der Waals surface area contributed by atoms with Crippen molar-refractivity contribution in [1.29, 1.82) is 0 Å². The van der Waals surface area contributed by atoms with Crippen LogP contribution in [0.25, 0.3) is 0 Å². The van der Waals surface area contributed by atoms with Crippen LogP contribution in [0, 0.1) is 0 Å². The minimum atomic E-state index is -0.421. The Balaban J connectivity index is 2.72. The average molecular weight is 296 g/mol. The van der Waals surface area contributed by atoms with Gasteiger partial charge in [0.25, 0.3) is 0 Å². The Morgan fingerprint density at radius 3 is 2.65 bits per heavy atom. The quantitative estimate of drug-likeness (QED) is 0.617. The maximum Gasteiger partial charge on any atom is 0.341 e. The van der Waals surface area contributed by atoms with Gasteiger partial charge in [0, 0.05) is 13.1 Å². The van der Waals surface area contributed by atoms with E-state index in [-0.39, 0.29) is 0 Å². The molecule has 2 N–H and O–H groups in total. The Morgan fingerprint density at radius 1 is 1.30 bits per heavy atom. The Hall–Kier alpha value is -1.82. The number of nitrogens with one attached hydrogen (secondary N) is 2. The summed E-state index contributed by atoms with van der Waals surface area (Å²) in [5.74, 6) is 0.0719. The van der Waals surface area contributed by atoms with E-state index in [4.69, 9.17) is 21.7 Å². The van der Waals surface area contributed by atoms with Crippen molar-refractivity contribution in [3.8, 4) is 5.75 Å². The van der Waals surface area contributed by atoms with E-state index >= 15 is 0 Å². The largest absolute Gasteiger partial charge is 0.496 e. The van der Waals surface area contributed by atoms with Crippen molar-refractivity contribution in [2.24, 2.45) is 0 Å². The van der Waals surface area contributed by atoms with Crippen LogP contribution in [0.4, 0.5) is 0 Å². The molecule has 0 fully saturated rings. The first kappa shape index (κ1) is 16.2. The number of benzene rings is 1. The van der Waals surface area contributed by atoms with Crippen LogP contribution in [0.5, 0.6) is 5.75 Å². The number of carbonyl (C=O) groups is 1. The van der Waals surface area contributed by atoms with Gasteiger partial charge < -0.3 is 20.1 Å². The SMILES string of the molecule is CCCNC(=S)NCc1ccc(OC)c(C(=O)OC)c1. The minimum Gasteiger partial charge on any atom is -0.496 e. The molecule has 0 saturated carbocycles. The molecule has 20 heavy (non-hydrogen) atoms. The molecule has 0 aliphatic rings. The van der Waals surface area contributed by atoms with E-state index < -0.39 is 5.97 Å². The van der Waals surface area contributed by atoms with Gasteiger partial charge in [-0.3, -0.25) is 0 Å². The molecule has 0 amide bonds. The van der Waals surface area contributed by atoms with Crippen LogP contribution in [0.1, 0.15) is 29.3 Å². The maximum absolute atomic E-state index is 11.7. The first-order valence-corrected chi connectivity index (χ1v) is 6.80. The fourth-order valence-corrected chi connectivity index (χ4v) is 1.79. The Labute approximate surface area is 124 Å². The van der Waals surface area contributed by atoms with Crippen LogP contribution in [-0.2, 0) is 11.3 Å². The number of methoxy groups -OCH3 is 2. The number of ether oxygens (including phenoxy) is 2. The average Bonchev–Trinajstić information content (AvgIpc) is 2.49. The second-order valence-corrected chi connectivity index (χ2v) is 4.54. The van der Waals surface area contributed by atoms with Gasteiger partial charge in [0.05, 0.1) is 14.2 Å². The highest BCUT2D eigenvalue weighted by molar-refractivity contribution is 7.80. The lowest BCUT2D eigenvalue weighted by Gasteiger charge is -2.12. The third-order valence-corrected chi connectivity index (χ3v) is 2.95. The molecule has 5 nitrogen and oxygen atoms in total. The highest BCUT2D eigenvalue weighted by Gasteiger charge is 2.13. The van der Waals surface area contributed by atoms with E-state index in [9.17, 15) is 4.79 Å². The zero-order valence-corrected chi connectivity index (χ0v) is 12.8. The fraction of sp³-hybridized carbons (Fsp3) is 0.429. The Kier molecular flexibility index (Phi) is 6.79. The van der Waals surface area contributed by atoms with E-state index in [1.165, 1.54) is 14.2 Å². The molecule has 6 heteroatoms. The van der Waals surface area contributed by atoms with Gasteiger partial charge in [-0.1, -0.05) is 13.0 Å². The summed E-state index contributed by atoms with van der Waals surface area (Å²) in [5, 5.41) is 6.76. The number of carbonyl (C=O) groups excluding carboxylic acids is 1. The monoisotopic (exact) mass is 296 g/mol. The van der Waals surface area contributed by atoms with Crippen LogP contribution in [0.15, 0.2) is 18.2 Å². The van der Waals surface area contributed by atoms with Gasteiger partial charge in [-0.05, 0) is 36.3 Å². The van der Waals surface area contributed by atoms with Gasteiger partial charge in [0.2, 0.25) is 0 Å². The minimum absolute atomic E-state index is 0.404. The molecule has 110 valence electrons. The van der Waals surface area contributed by atoms with E-state index in [0.717, 1.165) is 18.5 Å². The number of esters is 1. The molecule has 0 aliphatic heterocycles. The van der Waals surface area contributed by atoms with Crippen LogP contribution >= 0.6 is 12.2 Å². The summed E-state index contributed by atoms with van der Waals surface area (Å²) < 4.78 is 9.88. The molecule has 0 spiro atoms. The van der Waals surface area contributed by atoms with Crippen LogP contribution in [-0.4, -0.2) is 31.8 Å². The number of hydrogen-bond donors (Lipinski definition) is 2. The topological polar surface area (TPSA) is 59.6 Å². The predicted octanol–water partition coefficient (Wildman–Crippen LogP) is 1.86. The highest BCUT2D eigenvalue weighted by atomic mass is 32.1. The molecule has 0 aromatic heterocycles. The molecule has 1 aromatic carbocycles. The summed E-state index contributed by atoms with van der Waals surface area (Å²) in [4.78, 5) is 11.7. The van der Waals surface area contributed by atoms with Gasteiger partial charge in [-0.15, -0.1) is 0 Å². The van der Waals surface area contributed by atoms with Crippen molar-refractivity contribution in [2.75, 3.05) is 20.8 Å². The Bertz CT molecular complexity index is 477. The van der Waals surface area contributed by atoms with Crippen molar-refractivity contribution >= 4 is 23.3 Å². The van der Waals surface area contributed by atoms with Crippen molar-refractivity contribution in [1.82, 2.24) is 10.6 Å².